The Kier molecular flexibility index (Phi) is 3.22. The van der Waals surface area contributed by atoms with Gasteiger partial charge in [0.05, 0.1) is 12.9 Å². The molecule has 2 rings (SSSR count). The van der Waals surface area contributed by atoms with E-state index in [1.807, 2.05) is 0 Å². The van der Waals surface area contributed by atoms with Crippen LogP contribution in [0, 0.1) is 0 Å². The summed E-state index contributed by atoms with van der Waals surface area (Å²) in [6.45, 7) is 0.329. The molecule has 0 bridgehead atoms. The van der Waals surface area contributed by atoms with Crippen molar-refractivity contribution in [3.05, 3.63) is 56.9 Å². The summed E-state index contributed by atoms with van der Waals surface area (Å²) in [5.41, 5.74) is 0.585. The molecule has 0 spiro atoms. The van der Waals surface area contributed by atoms with E-state index in [0.717, 1.165) is 5.56 Å². The van der Waals surface area contributed by atoms with Crippen molar-refractivity contribution in [2.24, 2.45) is 0 Å². The van der Waals surface area contributed by atoms with Gasteiger partial charge in [0, 0.05) is 17.8 Å². The summed E-state index contributed by atoms with van der Waals surface area (Å²) in [6, 6.07) is 4.75. The average Bonchev–Trinajstić information content (AvgIpc) is 2.25. The third-order valence-electron chi connectivity index (χ3n) is 2.02. The first-order chi connectivity index (χ1) is 7.66. The first-order valence-electron chi connectivity index (χ1n) is 4.48. The summed E-state index contributed by atoms with van der Waals surface area (Å²) >= 11 is 11.6. The average molecular weight is 256 g/mol. The molecule has 0 aliphatic rings. The summed E-state index contributed by atoms with van der Waals surface area (Å²) < 4.78 is 1.44. The molecule has 6 heteroatoms. The Balaban J connectivity index is 2.35. The van der Waals surface area contributed by atoms with Crippen LogP contribution in [0.1, 0.15) is 5.56 Å². The minimum Gasteiger partial charge on any atom is -0.295 e. The highest BCUT2D eigenvalue weighted by atomic mass is 35.5. The fourth-order valence-corrected chi connectivity index (χ4v) is 1.64. The van der Waals surface area contributed by atoms with Crippen molar-refractivity contribution in [2.45, 2.75) is 6.54 Å². The number of hydrogen-bond donors (Lipinski definition) is 0. The molecule has 0 atom stereocenters. The summed E-state index contributed by atoms with van der Waals surface area (Å²) in [4.78, 5) is 19.2. The molecule has 0 unspecified atom stereocenters. The molecule has 0 N–H and O–H groups in total. The lowest BCUT2D eigenvalue weighted by atomic mass is 10.3. The molecule has 0 saturated heterocycles. The standard InChI is InChI=1S/C10H7Cl2N3O/c11-8-2-1-7(10(12)14-8)5-15-6-13-4-3-9(15)16/h1-4,6H,5H2. The molecular formula is C10H7Cl2N3O. The quantitative estimate of drug-likeness (QED) is 0.772. The molecule has 0 aromatic carbocycles. The first kappa shape index (κ1) is 11.1. The van der Waals surface area contributed by atoms with Gasteiger partial charge in [-0.2, -0.15) is 0 Å². The Bertz CT molecular complexity index is 568. The third kappa shape index (κ3) is 2.40. The van der Waals surface area contributed by atoms with E-state index < -0.39 is 0 Å². The van der Waals surface area contributed by atoms with Crippen molar-refractivity contribution in [3.8, 4) is 0 Å². The van der Waals surface area contributed by atoms with E-state index in [9.17, 15) is 4.79 Å². The number of pyridine rings is 1. The van der Waals surface area contributed by atoms with Crippen LogP contribution in [0.25, 0.3) is 0 Å². The van der Waals surface area contributed by atoms with Gasteiger partial charge in [0.25, 0.3) is 5.56 Å². The normalized spacial score (nSPS) is 10.4. The first-order valence-corrected chi connectivity index (χ1v) is 5.24. The maximum absolute atomic E-state index is 11.4. The van der Waals surface area contributed by atoms with E-state index in [0.29, 0.717) is 16.9 Å². The van der Waals surface area contributed by atoms with Gasteiger partial charge >= 0.3 is 0 Å². The fourth-order valence-electron chi connectivity index (χ4n) is 1.24. The molecule has 2 aromatic rings. The second kappa shape index (κ2) is 4.63. The van der Waals surface area contributed by atoms with Gasteiger partial charge < -0.3 is 0 Å². The van der Waals surface area contributed by atoms with E-state index in [-0.39, 0.29) is 5.56 Å². The van der Waals surface area contributed by atoms with Gasteiger partial charge in [-0.3, -0.25) is 9.36 Å². The van der Waals surface area contributed by atoms with Crippen molar-refractivity contribution in [1.82, 2.24) is 14.5 Å². The fraction of sp³-hybridized carbons (Fsp3) is 0.100. The zero-order valence-electron chi connectivity index (χ0n) is 8.10. The van der Waals surface area contributed by atoms with Crippen LogP contribution in [0.15, 0.2) is 35.5 Å². The second-order valence-corrected chi connectivity index (χ2v) is 3.88. The Labute approximate surface area is 101 Å². The predicted octanol–water partition coefficient (Wildman–Crippen LogP) is 1.99. The molecule has 2 aromatic heterocycles. The van der Waals surface area contributed by atoms with Gasteiger partial charge in [0.15, 0.2) is 0 Å². The van der Waals surface area contributed by atoms with Crippen LogP contribution in [0.4, 0.5) is 0 Å². The number of aromatic nitrogens is 3. The maximum atomic E-state index is 11.4. The van der Waals surface area contributed by atoms with Crippen LogP contribution in [0.3, 0.4) is 0 Å². The molecule has 0 fully saturated rings. The Morgan fingerprint density at radius 2 is 2.06 bits per heavy atom. The molecule has 0 saturated carbocycles. The van der Waals surface area contributed by atoms with Crippen molar-refractivity contribution < 1.29 is 0 Å². The zero-order chi connectivity index (χ0) is 11.5. The molecule has 16 heavy (non-hydrogen) atoms. The van der Waals surface area contributed by atoms with E-state index in [1.54, 1.807) is 12.1 Å². The van der Waals surface area contributed by atoms with Crippen molar-refractivity contribution in [3.63, 3.8) is 0 Å². The topological polar surface area (TPSA) is 47.8 Å². The van der Waals surface area contributed by atoms with Crippen LogP contribution >= 0.6 is 23.2 Å². The molecule has 0 amide bonds. The van der Waals surface area contributed by atoms with Gasteiger partial charge in [-0.25, -0.2) is 9.97 Å². The maximum Gasteiger partial charge on any atom is 0.253 e. The number of halogens is 2. The van der Waals surface area contributed by atoms with Crippen LogP contribution < -0.4 is 5.56 Å². The summed E-state index contributed by atoms with van der Waals surface area (Å²) in [7, 11) is 0. The molecule has 4 nitrogen and oxygen atoms in total. The lowest BCUT2D eigenvalue weighted by Gasteiger charge is -2.05. The smallest absolute Gasteiger partial charge is 0.253 e. The van der Waals surface area contributed by atoms with Gasteiger partial charge in [-0.05, 0) is 6.07 Å². The number of rotatable bonds is 2. The highest BCUT2D eigenvalue weighted by molar-refractivity contribution is 6.32. The van der Waals surface area contributed by atoms with E-state index in [4.69, 9.17) is 23.2 Å². The highest BCUT2D eigenvalue weighted by Gasteiger charge is 2.04. The van der Waals surface area contributed by atoms with Crippen molar-refractivity contribution in [2.75, 3.05) is 0 Å². The van der Waals surface area contributed by atoms with Crippen LogP contribution in [-0.2, 0) is 6.54 Å². The van der Waals surface area contributed by atoms with Gasteiger partial charge in [-0.15, -0.1) is 0 Å². The lowest BCUT2D eigenvalue weighted by Crippen LogP contribution is -2.19. The lowest BCUT2D eigenvalue weighted by molar-refractivity contribution is 0.733. The SMILES string of the molecule is O=c1ccncn1Cc1ccc(Cl)nc1Cl. The molecule has 2 heterocycles. The number of nitrogens with zero attached hydrogens (tertiary/aromatic N) is 3. The van der Waals surface area contributed by atoms with Gasteiger partial charge in [0.2, 0.25) is 0 Å². The van der Waals surface area contributed by atoms with E-state index in [2.05, 4.69) is 9.97 Å². The Morgan fingerprint density at radius 3 is 2.75 bits per heavy atom. The molecule has 0 aliphatic heterocycles. The predicted molar refractivity (Wildman–Crippen MR) is 61.9 cm³/mol. The summed E-state index contributed by atoms with van der Waals surface area (Å²) in [5.74, 6) is 0. The van der Waals surface area contributed by atoms with Gasteiger partial charge in [0.1, 0.15) is 10.3 Å². The zero-order valence-corrected chi connectivity index (χ0v) is 9.61. The van der Waals surface area contributed by atoms with E-state index in [1.165, 1.54) is 23.2 Å². The van der Waals surface area contributed by atoms with Crippen LogP contribution in [0.5, 0.6) is 0 Å². The van der Waals surface area contributed by atoms with E-state index >= 15 is 0 Å². The van der Waals surface area contributed by atoms with Crippen molar-refractivity contribution in [1.29, 1.82) is 0 Å². The number of hydrogen-bond acceptors (Lipinski definition) is 3. The minimum atomic E-state index is -0.138. The van der Waals surface area contributed by atoms with Crippen LogP contribution in [0.2, 0.25) is 10.3 Å². The van der Waals surface area contributed by atoms with Crippen LogP contribution in [-0.4, -0.2) is 14.5 Å². The summed E-state index contributed by atoms with van der Waals surface area (Å²) in [5, 5.41) is 0.621. The van der Waals surface area contributed by atoms with Gasteiger partial charge in [-0.1, -0.05) is 29.3 Å². The Hall–Kier alpha value is -1.39. The molecular weight excluding hydrogens is 249 g/mol. The molecule has 82 valence electrons. The van der Waals surface area contributed by atoms with Crippen molar-refractivity contribution >= 4 is 23.2 Å². The molecule has 0 radical (unpaired) electrons. The third-order valence-corrected chi connectivity index (χ3v) is 2.56. The second-order valence-electron chi connectivity index (χ2n) is 3.13. The largest absolute Gasteiger partial charge is 0.295 e. The highest BCUT2D eigenvalue weighted by Crippen LogP contribution is 2.16. The molecule has 0 aliphatic carbocycles. The minimum absolute atomic E-state index is 0.138. The monoisotopic (exact) mass is 255 g/mol. The Morgan fingerprint density at radius 1 is 1.25 bits per heavy atom. The summed E-state index contributed by atoms with van der Waals surface area (Å²) in [6.07, 6.45) is 2.90.